The third-order valence-electron chi connectivity index (χ3n) is 8.95. The zero-order valence-electron chi connectivity index (χ0n) is 22.2. The van der Waals surface area contributed by atoms with Crippen molar-refractivity contribution in [2.24, 2.45) is 11.8 Å². The molecule has 1 N–H and O–H groups in total. The molecule has 2 saturated heterocycles. The number of benzene rings is 1. The monoisotopic (exact) mass is 527 g/mol. The normalized spacial score (nSPS) is 24.3. The molecule has 1 aliphatic carbocycles. The van der Waals surface area contributed by atoms with Crippen LogP contribution < -0.4 is 4.90 Å². The van der Waals surface area contributed by atoms with Crippen molar-refractivity contribution in [1.82, 2.24) is 19.8 Å². The maximum absolute atomic E-state index is 14.2. The number of hydrogen-bond acceptors (Lipinski definition) is 6. The summed E-state index contributed by atoms with van der Waals surface area (Å²) >= 11 is 0. The number of halogens is 2. The average Bonchev–Trinajstić information content (AvgIpc) is 3.29. The van der Waals surface area contributed by atoms with Crippen LogP contribution in [0.15, 0.2) is 36.7 Å². The molecule has 2 aromatic rings. The fourth-order valence-electron chi connectivity index (χ4n) is 6.67. The van der Waals surface area contributed by atoms with E-state index in [1.54, 1.807) is 12.1 Å². The molecule has 0 amide bonds. The van der Waals surface area contributed by atoms with Gasteiger partial charge >= 0.3 is 5.97 Å². The SMILES string of the molecule is CCN(c1ncc(F)cn1)C1CCN(C[C@H]2CN([C@H](CC3CCC3)C(=O)O)C[C@@H]2c2cccc(F)c2)CC1. The Morgan fingerprint density at radius 1 is 1.11 bits per heavy atom. The highest BCUT2D eigenvalue weighted by atomic mass is 19.1. The van der Waals surface area contributed by atoms with Crippen molar-refractivity contribution in [2.75, 3.05) is 44.2 Å². The van der Waals surface area contributed by atoms with Gasteiger partial charge in [0.15, 0.2) is 5.82 Å². The molecule has 3 atom stereocenters. The topological polar surface area (TPSA) is 72.8 Å². The first kappa shape index (κ1) is 26.9. The maximum atomic E-state index is 14.2. The highest BCUT2D eigenvalue weighted by Crippen LogP contribution is 2.38. The van der Waals surface area contributed by atoms with Crippen molar-refractivity contribution in [3.63, 3.8) is 0 Å². The number of likely N-dealkylation sites (tertiary alicyclic amines) is 2. The molecule has 0 radical (unpaired) electrons. The second kappa shape index (κ2) is 12.0. The minimum absolute atomic E-state index is 0.103. The van der Waals surface area contributed by atoms with Gasteiger partial charge < -0.3 is 14.9 Å². The molecular weight excluding hydrogens is 488 g/mol. The number of carboxylic acid groups (broad SMARTS) is 1. The minimum atomic E-state index is -0.737. The first-order valence-corrected chi connectivity index (χ1v) is 14.1. The molecule has 0 spiro atoms. The Kier molecular flexibility index (Phi) is 8.53. The number of carbonyl (C=O) groups is 1. The molecule has 1 saturated carbocycles. The van der Waals surface area contributed by atoms with E-state index < -0.39 is 17.8 Å². The third kappa shape index (κ3) is 6.15. The van der Waals surface area contributed by atoms with Crippen molar-refractivity contribution in [3.8, 4) is 0 Å². The van der Waals surface area contributed by atoms with Gasteiger partial charge in [0, 0.05) is 51.2 Å². The highest BCUT2D eigenvalue weighted by molar-refractivity contribution is 5.73. The van der Waals surface area contributed by atoms with E-state index in [0.717, 1.165) is 64.0 Å². The van der Waals surface area contributed by atoms with Gasteiger partial charge in [-0.2, -0.15) is 0 Å². The van der Waals surface area contributed by atoms with Crippen LogP contribution in [-0.2, 0) is 4.79 Å². The van der Waals surface area contributed by atoms with Gasteiger partial charge in [-0.25, -0.2) is 18.7 Å². The van der Waals surface area contributed by atoms with Crippen molar-refractivity contribution >= 4 is 11.9 Å². The Balaban J connectivity index is 1.25. The summed E-state index contributed by atoms with van der Waals surface area (Å²) in [7, 11) is 0. The van der Waals surface area contributed by atoms with Crippen LogP contribution in [0, 0.1) is 23.5 Å². The number of hydrogen-bond donors (Lipinski definition) is 1. The predicted octanol–water partition coefficient (Wildman–Crippen LogP) is 4.40. The lowest BCUT2D eigenvalue weighted by atomic mass is 9.80. The summed E-state index contributed by atoms with van der Waals surface area (Å²) in [6.45, 7) is 6.89. The molecule has 9 heteroatoms. The summed E-state index contributed by atoms with van der Waals surface area (Å²) in [5.41, 5.74) is 0.964. The molecule has 2 aliphatic heterocycles. The van der Waals surface area contributed by atoms with E-state index in [1.807, 2.05) is 6.07 Å². The lowest BCUT2D eigenvalue weighted by molar-refractivity contribution is -0.144. The van der Waals surface area contributed by atoms with Gasteiger partial charge in [0.25, 0.3) is 0 Å². The Morgan fingerprint density at radius 2 is 1.84 bits per heavy atom. The molecule has 38 heavy (non-hydrogen) atoms. The van der Waals surface area contributed by atoms with Crippen molar-refractivity contribution in [1.29, 1.82) is 0 Å². The lowest BCUT2D eigenvalue weighted by Crippen LogP contribution is -2.47. The Hall–Kier alpha value is -2.65. The second-order valence-electron chi connectivity index (χ2n) is 11.3. The van der Waals surface area contributed by atoms with Crippen LogP contribution >= 0.6 is 0 Å². The largest absolute Gasteiger partial charge is 0.480 e. The third-order valence-corrected chi connectivity index (χ3v) is 8.95. The molecule has 206 valence electrons. The smallest absolute Gasteiger partial charge is 0.320 e. The maximum Gasteiger partial charge on any atom is 0.320 e. The average molecular weight is 528 g/mol. The number of aliphatic carboxylic acids is 1. The Morgan fingerprint density at radius 3 is 2.45 bits per heavy atom. The minimum Gasteiger partial charge on any atom is -0.480 e. The number of piperidine rings is 1. The number of carboxylic acids is 1. The summed E-state index contributed by atoms with van der Waals surface area (Å²) in [4.78, 5) is 27.4. The highest BCUT2D eigenvalue weighted by Gasteiger charge is 2.41. The summed E-state index contributed by atoms with van der Waals surface area (Å²) < 4.78 is 27.5. The van der Waals surface area contributed by atoms with E-state index >= 15 is 0 Å². The van der Waals surface area contributed by atoms with E-state index in [9.17, 15) is 18.7 Å². The van der Waals surface area contributed by atoms with Crippen molar-refractivity contribution < 1.29 is 18.7 Å². The quantitative estimate of drug-likeness (QED) is 0.491. The second-order valence-corrected chi connectivity index (χ2v) is 11.3. The molecule has 0 bridgehead atoms. The zero-order valence-corrected chi connectivity index (χ0v) is 22.2. The van der Waals surface area contributed by atoms with Crippen LogP contribution in [0.1, 0.15) is 56.9 Å². The van der Waals surface area contributed by atoms with Crippen molar-refractivity contribution in [2.45, 2.75) is 63.5 Å². The standard InChI is InChI=1S/C29H39F2N5O2/c1-2-36(29-32-15-24(31)16-33-29)25-9-11-34(12-10-25)17-22-18-35(27(28(37)38)13-20-5-3-6-20)19-26(22)21-7-4-8-23(30)14-21/h4,7-8,14-16,20,22,25-27H,2-3,5-6,9-13,17-19H2,1H3,(H,37,38)/t22-,26+,27+/m0/s1. The predicted molar refractivity (Wildman–Crippen MR) is 142 cm³/mol. The molecule has 1 aromatic carbocycles. The summed E-state index contributed by atoms with van der Waals surface area (Å²) in [6, 6.07) is 6.66. The van der Waals surface area contributed by atoms with Gasteiger partial charge in [-0.3, -0.25) is 9.69 Å². The van der Waals surface area contributed by atoms with Crippen LogP contribution in [0.25, 0.3) is 0 Å². The fraction of sp³-hybridized carbons (Fsp3) is 0.621. The summed E-state index contributed by atoms with van der Waals surface area (Å²) in [6.07, 6.45) is 8.50. The van der Waals surface area contributed by atoms with Gasteiger partial charge in [0.2, 0.25) is 5.95 Å². The van der Waals surface area contributed by atoms with Crippen LogP contribution in [0.5, 0.6) is 0 Å². The summed E-state index contributed by atoms with van der Waals surface area (Å²) in [5, 5.41) is 10.1. The molecule has 3 fully saturated rings. The molecule has 7 nitrogen and oxygen atoms in total. The number of anilines is 1. The first-order chi connectivity index (χ1) is 18.4. The zero-order chi connectivity index (χ0) is 26.6. The Bertz CT molecular complexity index is 1070. The molecule has 3 heterocycles. The summed E-state index contributed by atoms with van der Waals surface area (Å²) in [5.74, 6) is -0.00221. The van der Waals surface area contributed by atoms with Crippen LogP contribution in [0.2, 0.25) is 0 Å². The van der Waals surface area contributed by atoms with Crippen molar-refractivity contribution in [3.05, 3.63) is 53.9 Å². The van der Waals surface area contributed by atoms with E-state index in [0.29, 0.717) is 30.9 Å². The molecule has 1 aromatic heterocycles. The van der Waals surface area contributed by atoms with Gasteiger partial charge in [0.05, 0.1) is 12.4 Å². The molecule has 3 aliphatic rings. The van der Waals surface area contributed by atoms with E-state index in [1.165, 1.54) is 24.9 Å². The van der Waals surface area contributed by atoms with Gasteiger partial charge in [-0.05, 0) is 55.7 Å². The van der Waals surface area contributed by atoms with E-state index in [4.69, 9.17) is 0 Å². The molecule has 5 rings (SSSR count). The van der Waals surface area contributed by atoms with Gasteiger partial charge in [-0.1, -0.05) is 31.4 Å². The molecule has 0 unspecified atom stereocenters. The van der Waals surface area contributed by atoms with Crippen LogP contribution in [0.3, 0.4) is 0 Å². The van der Waals surface area contributed by atoms with Crippen LogP contribution in [0.4, 0.5) is 14.7 Å². The number of rotatable bonds is 10. The number of nitrogens with zero attached hydrogens (tertiary/aromatic N) is 5. The first-order valence-electron chi connectivity index (χ1n) is 14.1. The fourth-order valence-corrected chi connectivity index (χ4v) is 6.67. The van der Waals surface area contributed by atoms with Crippen LogP contribution in [-0.4, -0.2) is 82.2 Å². The van der Waals surface area contributed by atoms with Gasteiger partial charge in [0.1, 0.15) is 11.9 Å². The number of aromatic nitrogens is 2. The lowest BCUT2D eigenvalue weighted by Gasteiger charge is -2.39. The van der Waals surface area contributed by atoms with Gasteiger partial charge in [-0.15, -0.1) is 0 Å². The molecular formula is C29H39F2N5O2. The Labute approximate surface area is 223 Å². The van der Waals surface area contributed by atoms with E-state index in [-0.39, 0.29) is 17.7 Å². The van der Waals surface area contributed by atoms with E-state index in [2.05, 4.69) is 31.6 Å².